The third kappa shape index (κ3) is 3.46. The molecule has 0 aliphatic carbocycles. The Morgan fingerprint density at radius 3 is 2.87 bits per heavy atom. The lowest BCUT2D eigenvalue weighted by Crippen LogP contribution is -2.30. The fourth-order valence-corrected chi connectivity index (χ4v) is 1.20. The summed E-state index contributed by atoms with van der Waals surface area (Å²) in [6.45, 7) is 0.390. The molecule has 2 amide bonds. The van der Waals surface area contributed by atoms with Crippen molar-refractivity contribution in [3.8, 4) is 5.75 Å². The van der Waals surface area contributed by atoms with E-state index in [0.717, 1.165) is 5.56 Å². The van der Waals surface area contributed by atoms with E-state index in [1.807, 2.05) is 0 Å². The third-order valence-corrected chi connectivity index (χ3v) is 1.93. The summed E-state index contributed by atoms with van der Waals surface area (Å²) in [5.74, 6) is -0.198. The van der Waals surface area contributed by atoms with Crippen LogP contribution >= 0.6 is 0 Å². The summed E-state index contributed by atoms with van der Waals surface area (Å²) in [7, 11) is 1.41. The number of methoxy groups -OCH3 is 1. The molecule has 0 atom stereocenters. The van der Waals surface area contributed by atoms with Crippen LogP contribution in [0.15, 0.2) is 18.2 Å². The second-order valence-electron chi connectivity index (χ2n) is 3.01. The zero-order chi connectivity index (χ0) is 11.3. The minimum absolute atomic E-state index is 0.210. The number of ether oxygens (including phenoxy) is 1. The Morgan fingerprint density at radius 2 is 2.33 bits per heavy atom. The van der Waals surface area contributed by atoms with Crippen LogP contribution in [0.2, 0.25) is 0 Å². The van der Waals surface area contributed by atoms with Gasteiger partial charge in [0.1, 0.15) is 0 Å². The maximum absolute atomic E-state index is 13.2. The lowest BCUT2D eigenvalue weighted by atomic mass is 10.1. The first-order chi connectivity index (χ1) is 7.13. The van der Waals surface area contributed by atoms with Gasteiger partial charge in [0.25, 0.3) is 0 Å². The second-order valence-corrected chi connectivity index (χ2v) is 3.01. The average molecular weight is 212 g/mol. The Labute approximate surface area is 87.2 Å². The molecule has 0 aromatic heterocycles. The van der Waals surface area contributed by atoms with E-state index in [4.69, 9.17) is 10.5 Å². The number of halogens is 1. The van der Waals surface area contributed by atoms with E-state index in [1.54, 1.807) is 12.1 Å². The number of urea groups is 1. The molecule has 0 aliphatic heterocycles. The molecule has 1 rings (SSSR count). The molecule has 15 heavy (non-hydrogen) atoms. The molecule has 0 aliphatic rings. The Morgan fingerprint density at radius 1 is 1.60 bits per heavy atom. The SMILES string of the molecule is COc1ccc(CCNC(N)=O)cc1F. The predicted octanol–water partition coefficient (Wildman–Crippen LogP) is 1.05. The smallest absolute Gasteiger partial charge is 0.312 e. The number of nitrogens with two attached hydrogens (primary N) is 1. The molecule has 0 fully saturated rings. The molecule has 0 heterocycles. The van der Waals surface area contributed by atoms with Crippen LogP contribution < -0.4 is 15.8 Å². The number of rotatable bonds is 4. The van der Waals surface area contributed by atoms with Gasteiger partial charge in [-0.05, 0) is 24.1 Å². The molecule has 0 radical (unpaired) electrons. The quantitative estimate of drug-likeness (QED) is 0.783. The highest BCUT2D eigenvalue weighted by molar-refractivity contribution is 5.71. The van der Waals surface area contributed by atoms with Crippen LogP contribution in [-0.4, -0.2) is 19.7 Å². The monoisotopic (exact) mass is 212 g/mol. The summed E-state index contributed by atoms with van der Waals surface area (Å²) in [6.07, 6.45) is 0.532. The Kier molecular flexibility index (Phi) is 3.91. The van der Waals surface area contributed by atoms with Crippen molar-refractivity contribution in [1.29, 1.82) is 0 Å². The summed E-state index contributed by atoms with van der Waals surface area (Å²) >= 11 is 0. The average Bonchev–Trinajstić information content (AvgIpc) is 2.17. The van der Waals surface area contributed by atoms with E-state index >= 15 is 0 Å². The van der Waals surface area contributed by atoms with Crippen LogP contribution in [-0.2, 0) is 6.42 Å². The van der Waals surface area contributed by atoms with Crippen LogP contribution in [0, 0.1) is 5.82 Å². The normalized spacial score (nSPS) is 9.73. The van der Waals surface area contributed by atoms with Crippen molar-refractivity contribution in [2.45, 2.75) is 6.42 Å². The van der Waals surface area contributed by atoms with E-state index in [-0.39, 0.29) is 5.75 Å². The van der Waals surface area contributed by atoms with E-state index in [9.17, 15) is 9.18 Å². The number of carbonyl (C=O) groups is 1. The number of hydrogen-bond donors (Lipinski definition) is 2. The van der Waals surface area contributed by atoms with Crippen LogP contribution in [0.4, 0.5) is 9.18 Å². The molecule has 0 saturated heterocycles. The van der Waals surface area contributed by atoms with Gasteiger partial charge in [0.2, 0.25) is 0 Å². The maximum atomic E-state index is 13.2. The number of amides is 2. The zero-order valence-electron chi connectivity index (χ0n) is 8.42. The largest absolute Gasteiger partial charge is 0.494 e. The van der Waals surface area contributed by atoms with E-state index in [2.05, 4.69) is 5.32 Å². The van der Waals surface area contributed by atoms with Crippen LogP contribution in [0.1, 0.15) is 5.56 Å². The first kappa shape index (κ1) is 11.3. The van der Waals surface area contributed by atoms with Gasteiger partial charge in [-0.15, -0.1) is 0 Å². The summed E-state index contributed by atoms with van der Waals surface area (Å²) in [5.41, 5.74) is 5.67. The Balaban J connectivity index is 2.55. The fraction of sp³-hybridized carbons (Fsp3) is 0.300. The molecule has 5 heteroatoms. The Bertz CT molecular complexity index is 355. The lowest BCUT2D eigenvalue weighted by molar-refractivity contribution is 0.249. The lowest BCUT2D eigenvalue weighted by Gasteiger charge is -2.05. The van der Waals surface area contributed by atoms with Gasteiger partial charge < -0.3 is 15.8 Å². The highest BCUT2D eigenvalue weighted by Crippen LogP contribution is 2.17. The molecule has 3 N–H and O–H groups in total. The van der Waals surface area contributed by atoms with Crippen molar-refractivity contribution in [2.75, 3.05) is 13.7 Å². The molecule has 0 bridgehead atoms. The van der Waals surface area contributed by atoms with Crippen molar-refractivity contribution in [1.82, 2.24) is 5.32 Å². The molecule has 0 saturated carbocycles. The first-order valence-corrected chi connectivity index (χ1v) is 4.49. The number of carbonyl (C=O) groups excluding carboxylic acids is 1. The van der Waals surface area contributed by atoms with Crippen molar-refractivity contribution >= 4 is 6.03 Å². The molecule has 4 nitrogen and oxygen atoms in total. The van der Waals surface area contributed by atoms with Crippen LogP contribution in [0.25, 0.3) is 0 Å². The van der Waals surface area contributed by atoms with Gasteiger partial charge in [0.05, 0.1) is 7.11 Å². The van der Waals surface area contributed by atoms with Gasteiger partial charge in [-0.3, -0.25) is 0 Å². The second kappa shape index (κ2) is 5.19. The number of nitrogens with one attached hydrogen (secondary N) is 1. The molecule has 1 aromatic carbocycles. The van der Waals surface area contributed by atoms with Crippen LogP contribution in [0.3, 0.4) is 0 Å². The summed E-state index contributed by atoms with van der Waals surface area (Å²) < 4.78 is 18.0. The maximum Gasteiger partial charge on any atom is 0.312 e. The zero-order valence-corrected chi connectivity index (χ0v) is 8.42. The van der Waals surface area contributed by atoms with Gasteiger partial charge in [-0.25, -0.2) is 9.18 Å². The molecule has 0 spiro atoms. The van der Waals surface area contributed by atoms with Crippen LogP contribution in [0.5, 0.6) is 5.75 Å². The van der Waals surface area contributed by atoms with Gasteiger partial charge in [0.15, 0.2) is 11.6 Å². The highest BCUT2D eigenvalue weighted by Gasteiger charge is 2.03. The van der Waals surface area contributed by atoms with Crippen molar-refractivity contribution < 1.29 is 13.9 Å². The topological polar surface area (TPSA) is 64.3 Å². The van der Waals surface area contributed by atoms with Gasteiger partial charge in [-0.1, -0.05) is 6.07 Å². The van der Waals surface area contributed by atoms with E-state index in [0.29, 0.717) is 13.0 Å². The van der Waals surface area contributed by atoms with E-state index in [1.165, 1.54) is 13.2 Å². The summed E-state index contributed by atoms with van der Waals surface area (Å²) in [5, 5.41) is 2.43. The van der Waals surface area contributed by atoms with Crippen molar-refractivity contribution in [3.63, 3.8) is 0 Å². The Hall–Kier alpha value is -1.78. The molecular weight excluding hydrogens is 199 g/mol. The number of benzene rings is 1. The minimum Gasteiger partial charge on any atom is -0.494 e. The summed E-state index contributed by atoms with van der Waals surface area (Å²) in [4.78, 5) is 10.4. The molecule has 82 valence electrons. The highest BCUT2D eigenvalue weighted by atomic mass is 19.1. The van der Waals surface area contributed by atoms with Crippen molar-refractivity contribution in [3.05, 3.63) is 29.6 Å². The van der Waals surface area contributed by atoms with E-state index < -0.39 is 11.8 Å². The molecule has 0 unspecified atom stereocenters. The van der Waals surface area contributed by atoms with Gasteiger partial charge in [-0.2, -0.15) is 0 Å². The number of primary amides is 1. The first-order valence-electron chi connectivity index (χ1n) is 4.49. The number of hydrogen-bond acceptors (Lipinski definition) is 2. The van der Waals surface area contributed by atoms with Gasteiger partial charge in [0, 0.05) is 6.54 Å². The third-order valence-electron chi connectivity index (χ3n) is 1.93. The molecular formula is C10H13FN2O2. The fourth-order valence-electron chi connectivity index (χ4n) is 1.20. The summed E-state index contributed by atoms with van der Waals surface area (Å²) in [6, 6.07) is 4.09. The van der Waals surface area contributed by atoms with Crippen molar-refractivity contribution in [2.24, 2.45) is 5.73 Å². The minimum atomic E-state index is -0.580. The van der Waals surface area contributed by atoms with Gasteiger partial charge >= 0.3 is 6.03 Å². The molecule has 1 aromatic rings. The predicted molar refractivity (Wildman–Crippen MR) is 54.2 cm³/mol. The standard InChI is InChI=1S/C10H13FN2O2/c1-15-9-3-2-7(6-8(9)11)4-5-13-10(12)14/h2-3,6H,4-5H2,1H3,(H3,12,13,14).